The number of nitrogens with one attached hydrogen (secondary N) is 2. The molecule has 0 aliphatic heterocycles. The van der Waals surface area contributed by atoms with Gasteiger partial charge in [0, 0.05) is 18.3 Å². The van der Waals surface area contributed by atoms with Gasteiger partial charge >= 0.3 is 0 Å². The second-order valence-corrected chi connectivity index (χ2v) is 6.57. The van der Waals surface area contributed by atoms with Gasteiger partial charge in [0.15, 0.2) is 0 Å². The summed E-state index contributed by atoms with van der Waals surface area (Å²) in [6.45, 7) is 11.0. The monoisotopic (exact) mass is 340 g/mol. The van der Waals surface area contributed by atoms with Crippen molar-refractivity contribution >= 4 is 17.4 Å². The van der Waals surface area contributed by atoms with Crippen molar-refractivity contribution in [2.45, 2.75) is 47.5 Å². The Balaban J connectivity index is 2.27. The lowest BCUT2D eigenvalue weighted by Gasteiger charge is -2.15. The summed E-state index contributed by atoms with van der Waals surface area (Å²) in [5, 5.41) is 6.32. The number of benzene rings is 1. The van der Waals surface area contributed by atoms with E-state index in [2.05, 4.69) is 60.4 Å². The highest BCUT2D eigenvalue weighted by molar-refractivity contribution is 6.04. The Bertz CT molecular complexity index is 718. The van der Waals surface area contributed by atoms with Crippen LogP contribution in [0.15, 0.2) is 24.3 Å². The smallest absolute Gasteiger partial charge is 0.274 e. The van der Waals surface area contributed by atoms with Crippen LogP contribution in [0, 0.1) is 12.8 Å². The number of anilines is 2. The molecule has 2 rings (SSSR count). The molecule has 2 aromatic rings. The quantitative estimate of drug-likeness (QED) is 0.791. The second-order valence-electron chi connectivity index (χ2n) is 6.57. The van der Waals surface area contributed by atoms with E-state index >= 15 is 0 Å². The van der Waals surface area contributed by atoms with Crippen molar-refractivity contribution in [1.82, 2.24) is 9.97 Å². The Kier molecular flexibility index (Phi) is 6.51. The zero-order valence-electron chi connectivity index (χ0n) is 15.8. The molecule has 0 fully saturated rings. The maximum absolute atomic E-state index is 12.8. The van der Waals surface area contributed by atoms with Gasteiger partial charge in [-0.25, -0.2) is 9.97 Å². The molecular weight excluding hydrogens is 312 g/mol. The van der Waals surface area contributed by atoms with Gasteiger partial charge in [-0.15, -0.1) is 0 Å². The second kappa shape index (κ2) is 8.60. The molecule has 25 heavy (non-hydrogen) atoms. The zero-order valence-corrected chi connectivity index (χ0v) is 15.8. The van der Waals surface area contributed by atoms with E-state index in [0.29, 0.717) is 23.3 Å². The average Bonchev–Trinajstić information content (AvgIpc) is 2.59. The molecule has 5 nitrogen and oxygen atoms in total. The lowest BCUT2D eigenvalue weighted by molar-refractivity contribution is 0.102. The maximum atomic E-state index is 12.8. The Morgan fingerprint density at radius 3 is 2.32 bits per heavy atom. The molecule has 134 valence electrons. The molecule has 0 atom stereocenters. The third kappa shape index (κ3) is 5.02. The van der Waals surface area contributed by atoms with Gasteiger partial charge in [-0.1, -0.05) is 45.9 Å². The Hall–Kier alpha value is -2.43. The predicted molar refractivity (Wildman–Crippen MR) is 103 cm³/mol. The maximum Gasteiger partial charge on any atom is 0.274 e. The van der Waals surface area contributed by atoms with E-state index in [-0.39, 0.29) is 5.91 Å². The van der Waals surface area contributed by atoms with Crippen LogP contribution in [0.3, 0.4) is 0 Å². The van der Waals surface area contributed by atoms with Crippen molar-refractivity contribution in [3.8, 4) is 0 Å². The number of hydrogen-bond donors (Lipinski definition) is 2. The van der Waals surface area contributed by atoms with Gasteiger partial charge in [0.2, 0.25) is 0 Å². The molecule has 0 saturated heterocycles. The van der Waals surface area contributed by atoms with E-state index in [4.69, 9.17) is 0 Å². The standard InChI is InChI=1S/C20H28N4O/c1-6-15-9-8-10-16(7-2)19(15)24-20(25)17-11-18(21-12-13(3)4)23-14(5)22-17/h8-11,13H,6-7,12H2,1-5H3,(H,24,25)(H,21,22,23). The van der Waals surface area contributed by atoms with Gasteiger partial charge in [-0.05, 0) is 36.8 Å². The zero-order chi connectivity index (χ0) is 18.4. The SMILES string of the molecule is CCc1cccc(CC)c1NC(=O)c1cc(NCC(C)C)nc(C)n1. The van der Waals surface area contributed by atoms with Crippen LogP contribution >= 0.6 is 0 Å². The van der Waals surface area contributed by atoms with Gasteiger partial charge in [-0.2, -0.15) is 0 Å². The molecule has 0 saturated carbocycles. The van der Waals surface area contributed by atoms with Crippen molar-refractivity contribution in [2.24, 2.45) is 5.92 Å². The van der Waals surface area contributed by atoms with Crippen molar-refractivity contribution < 1.29 is 4.79 Å². The van der Waals surface area contributed by atoms with Crippen molar-refractivity contribution in [3.05, 3.63) is 46.9 Å². The molecule has 0 spiro atoms. The van der Waals surface area contributed by atoms with E-state index in [1.165, 1.54) is 0 Å². The molecule has 2 N–H and O–H groups in total. The minimum atomic E-state index is -0.200. The van der Waals surface area contributed by atoms with E-state index in [9.17, 15) is 4.79 Å². The number of aromatic nitrogens is 2. The number of nitrogens with zero attached hydrogens (tertiary/aromatic N) is 2. The van der Waals surface area contributed by atoms with Crippen molar-refractivity contribution in [2.75, 3.05) is 17.2 Å². The van der Waals surface area contributed by atoms with Crippen LogP contribution in [0.5, 0.6) is 0 Å². The van der Waals surface area contributed by atoms with Crippen LogP contribution in [0.2, 0.25) is 0 Å². The number of carbonyl (C=O) groups is 1. The fourth-order valence-corrected chi connectivity index (χ4v) is 2.66. The summed E-state index contributed by atoms with van der Waals surface area (Å²) >= 11 is 0. The molecule has 1 aromatic heterocycles. The lowest BCUT2D eigenvalue weighted by Crippen LogP contribution is -2.18. The molecule has 1 amide bonds. The highest BCUT2D eigenvalue weighted by Gasteiger charge is 2.14. The number of para-hydroxylation sites is 1. The minimum Gasteiger partial charge on any atom is -0.370 e. The first-order chi connectivity index (χ1) is 11.9. The van der Waals surface area contributed by atoms with Crippen LogP contribution in [0.4, 0.5) is 11.5 Å². The van der Waals surface area contributed by atoms with Crippen LogP contribution in [-0.2, 0) is 12.8 Å². The summed E-state index contributed by atoms with van der Waals surface area (Å²) in [4.78, 5) is 21.4. The lowest BCUT2D eigenvalue weighted by atomic mass is 10.0. The number of hydrogen-bond acceptors (Lipinski definition) is 4. The predicted octanol–water partition coefficient (Wildman–Crippen LogP) is 4.23. The molecule has 0 aliphatic rings. The van der Waals surface area contributed by atoms with Gasteiger partial charge in [0.05, 0.1) is 0 Å². The average molecular weight is 340 g/mol. The van der Waals surface area contributed by atoms with E-state index in [1.54, 1.807) is 13.0 Å². The first-order valence-corrected chi connectivity index (χ1v) is 8.96. The minimum absolute atomic E-state index is 0.200. The Morgan fingerprint density at radius 2 is 1.76 bits per heavy atom. The molecule has 0 radical (unpaired) electrons. The summed E-state index contributed by atoms with van der Waals surface area (Å²) in [5.74, 6) is 1.56. The highest BCUT2D eigenvalue weighted by Crippen LogP contribution is 2.23. The van der Waals surface area contributed by atoms with Gasteiger partial charge in [0.1, 0.15) is 17.3 Å². The van der Waals surface area contributed by atoms with Gasteiger partial charge in [-0.3, -0.25) is 4.79 Å². The number of rotatable bonds is 7. The molecular formula is C20H28N4O. The van der Waals surface area contributed by atoms with E-state index in [1.807, 2.05) is 6.07 Å². The van der Waals surface area contributed by atoms with Crippen molar-refractivity contribution in [1.29, 1.82) is 0 Å². The molecule has 5 heteroatoms. The third-order valence-electron chi connectivity index (χ3n) is 4.00. The van der Waals surface area contributed by atoms with Crippen LogP contribution in [0.1, 0.15) is 55.1 Å². The Morgan fingerprint density at radius 1 is 1.12 bits per heavy atom. The molecule has 0 bridgehead atoms. The fraction of sp³-hybridized carbons (Fsp3) is 0.450. The number of carbonyl (C=O) groups excluding carboxylic acids is 1. The third-order valence-corrected chi connectivity index (χ3v) is 4.00. The Labute approximate surface area is 150 Å². The summed E-state index contributed by atoms with van der Waals surface area (Å²) < 4.78 is 0. The summed E-state index contributed by atoms with van der Waals surface area (Å²) in [6, 6.07) is 7.85. The molecule has 1 heterocycles. The topological polar surface area (TPSA) is 66.9 Å². The van der Waals surface area contributed by atoms with Crippen LogP contribution < -0.4 is 10.6 Å². The summed E-state index contributed by atoms with van der Waals surface area (Å²) in [6.07, 6.45) is 1.74. The highest BCUT2D eigenvalue weighted by atomic mass is 16.1. The van der Waals surface area contributed by atoms with E-state index in [0.717, 1.165) is 36.2 Å². The first kappa shape index (κ1) is 18.9. The first-order valence-electron chi connectivity index (χ1n) is 8.96. The molecule has 0 unspecified atom stereocenters. The fourth-order valence-electron chi connectivity index (χ4n) is 2.66. The molecule has 0 aliphatic carbocycles. The summed E-state index contributed by atoms with van der Waals surface area (Å²) in [5.41, 5.74) is 3.56. The summed E-state index contributed by atoms with van der Waals surface area (Å²) in [7, 11) is 0. The number of amides is 1. The van der Waals surface area contributed by atoms with Crippen molar-refractivity contribution in [3.63, 3.8) is 0 Å². The molecule has 1 aromatic carbocycles. The number of aryl methyl sites for hydroxylation is 3. The van der Waals surface area contributed by atoms with Gasteiger partial charge < -0.3 is 10.6 Å². The largest absolute Gasteiger partial charge is 0.370 e. The van der Waals surface area contributed by atoms with Crippen LogP contribution in [0.25, 0.3) is 0 Å². The van der Waals surface area contributed by atoms with E-state index < -0.39 is 0 Å². The van der Waals surface area contributed by atoms with Crippen LogP contribution in [-0.4, -0.2) is 22.4 Å². The van der Waals surface area contributed by atoms with Gasteiger partial charge in [0.25, 0.3) is 5.91 Å². The normalized spacial score (nSPS) is 10.8.